The lowest BCUT2D eigenvalue weighted by Crippen LogP contribution is -1.87. The first-order valence-electron chi connectivity index (χ1n) is 0.844. The number of hydrogen-bond acceptors (Lipinski definition) is 2. The van der Waals surface area contributed by atoms with Crippen LogP contribution in [0.2, 0.25) is 0 Å². The Morgan fingerprint density at radius 1 is 2.00 bits per heavy atom. The molecular weight excluding hydrogens is 185 g/mol. The summed E-state index contributed by atoms with van der Waals surface area (Å²) in [4.78, 5) is 0. The van der Waals surface area contributed by atoms with Crippen LogP contribution < -0.4 is 4.72 Å². The van der Waals surface area contributed by atoms with E-state index in [-0.39, 0.29) is 0 Å². The van der Waals surface area contributed by atoms with Crippen molar-refractivity contribution < 1.29 is 0 Å². The van der Waals surface area contributed by atoms with Gasteiger partial charge in [0.2, 0.25) is 0 Å². The van der Waals surface area contributed by atoms with Gasteiger partial charge in [0.15, 0.2) is 0 Å². The molecule has 0 aromatic heterocycles. The first-order chi connectivity index (χ1) is 1.91. The second kappa shape index (κ2) is 4.04. The molecule has 0 heterocycles. The van der Waals surface area contributed by atoms with Gasteiger partial charge in [-0.05, 0) is 0 Å². The van der Waals surface area contributed by atoms with Crippen LogP contribution in [0.25, 0.3) is 0 Å². The number of hydrogen-bond donors (Lipinski definition) is 2. The fourth-order valence-electron chi connectivity index (χ4n) is 0. The van der Waals surface area contributed by atoms with Crippen molar-refractivity contribution in [2.24, 2.45) is 0 Å². The fourth-order valence-corrected chi connectivity index (χ4v) is 0. The molecule has 0 aromatic carbocycles. The van der Waals surface area contributed by atoms with Crippen LogP contribution in [0.5, 0.6) is 0 Å². The van der Waals surface area contributed by atoms with Gasteiger partial charge in [-0.15, -0.1) is 0 Å². The number of halogens is 1. The minimum absolute atomic E-state index is 0.904. The quantitative estimate of drug-likeness (QED) is 0.269. The van der Waals surface area contributed by atoms with Crippen molar-refractivity contribution in [1.29, 1.82) is 0 Å². The monoisotopic (exact) mass is 189 g/mol. The van der Waals surface area contributed by atoms with Gasteiger partial charge in [0, 0.05) is 0 Å². The summed E-state index contributed by atoms with van der Waals surface area (Å²) >= 11 is 5.83. The zero-order valence-corrected chi connectivity index (χ0v) is 5.08. The topological polar surface area (TPSA) is 12.0 Å². The lowest BCUT2D eigenvalue weighted by atomic mass is 11.6. The Hall–Kier alpha value is 1.04. The van der Waals surface area contributed by atoms with Gasteiger partial charge in [0.25, 0.3) is 0 Å². The minimum Gasteiger partial charge on any atom is -0.257 e. The zero-order chi connectivity index (χ0) is 3.41. The third-order valence-corrected chi connectivity index (χ3v) is 1.20. The van der Waals surface area contributed by atoms with Crippen LogP contribution in [-0.4, -0.2) is 4.55 Å². The van der Waals surface area contributed by atoms with Crippen molar-refractivity contribution in [1.82, 2.24) is 4.72 Å². The van der Waals surface area contributed by atoms with E-state index in [0.29, 0.717) is 0 Å². The van der Waals surface area contributed by atoms with Gasteiger partial charge >= 0.3 is 0 Å². The highest BCUT2D eigenvalue weighted by Gasteiger charge is 1.53. The molecule has 0 unspecified atom stereocenters. The second-order valence-corrected chi connectivity index (χ2v) is 1.37. The molecule has 0 saturated heterocycles. The highest BCUT2D eigenvalue weighted by Crippen LogP contribution is 1.70. The molecule has 0 aromatic rings. The van der Waals surface area contributed by atoms with Gasteiger partial charge < -0.3 is 0 Å². The van der Waals surface area contributed by atoms with E-state index in [0.717, 1.165) is 4.55 Å². The fraction of sp³-hybridized carbons (Fsp3) is 1.00. The molecule has 0 radical (unpaired) electrons. The van der Waals surface area contributed by atoms with Gasteiger partial charge in [0.1, 0.15) is 0 Å². The Morgan fingerprint density at radius 3 is 2.25 bits per heavy atom. The number of thiol groups is 1. The molecule has 3 heteroatoms. The lowest BCUT2D eigenvalue weighted by Gasteiger charge is -1.72. The van der Waals surface area contributed by atoms with Crippen LogP contribution in [0.1, 0.15) is 0 Å². The smallest absolute Gasteiger partial charge is 0.0575 e. The summed E-state index contributed by atoms with van der Waals surface area (Å²) in [6.07, 6.45) is 0. The molecule has 0 aliphatic rings. The third-order valence-electron chi connectivity index (χ3n) is 0.0598. The highest BCUT2D eigenvalue weighted by molar-refractivity contribution is 14.1. The molecule has 1 N–H and O–H groups in total. The molecule has 0 fully saturated rings. The Kier molecular flexibility index (Phi) is 5.09. The number of nitrogens with one attached hydrogen (secondary N) is 1. The summed E-state index contributed by atoms with van der Waals surface area (Å²) in [5.41, 5.74) is 0. The van der Waals surface area contributed by atoms with E-state index in [1.165, 1.54) is 0 Å². The van der Waals surface area contributed by atoms with Crippen LogP contribution in [-0.2, 0) is 0 Å². The van der Waals surface area contributed by atoms with E-state index in [1.807, 2.05) is 0 Å². The van der Waals surface area contributed by atoms with Crippen LogP contribution in [0.3, 0.4) is 0 Å². The van der Waals surface area contributed by atoms with Crippen molar-refractivity contribution >= 4 is 35.4 Å². The van der Waals surface area contributed by atoms with Gasteiger partial charge in [-0.2, -0.15) is 0 Å². The molecule has 26 valence electrons. The molecule has 0 aliphatic carbocycles. The predicted octanol–water partition coefficient (Wildman–Crippen LogP) is 0.813. The molecule has 0 rings (SSSR count). The zero-order valence-electron chi connectivity index (χ0n) is 2.03. The molecular formula is CH4INS. The standard InChI is InChI=1S/CH4INS/c2-1-3-4/h3-4H,1H2. The van der Waals surface area contributed by atoms with Crippen molar-refractivity contribution in [3.05, 3.63) is 0 Å². The van der Waals surface area contributed by atoms with E-state index in [1.54, 1.807) is 0 Å². The SMILES string of the molecule is SNCI. The Morgan fingerprint density at radius 2 is 2.25 bits per heavy atom. The normalized spacial score (nSPS) is 7.50. The average molecular weight is 189 g/mol. The van der Waals surface area contributed by atoms with Crippen LogP contribution in [0, 0.1) is 0 Å². The van der Waals surface area contributed by atoms with Crippen molar-refractivity contribution in [3.63, 3.8) is 0 Å². The van der Waals surface area contributed by atoms with E-state index in [2.05, 4.69) is 40.1 Å². The molecule has 0 bridgehead atoms. The highest BCUT2D eigenvalue weighted by atomic mass is 127. The third kappa shape index (κ3) is 3.04. The summed E-state index contributed by atoms with van der Waals surface area (Å²) in [6.45, 7) is 0. The van der Waals surface area contributed by atoms with Gasteiger partial charge in [-0.3, -0.25) is 4.72 Å². The van der Waals surface area contributed by atoms with E-state index in [9.17, 15) is 0 Å². The maximum Gasteiger partial charge on any atom is 0.0575 e. The predicted molar refractivity (Wildman–Crippen MR) is 31.0 cm³/mol. The first-order valence-corrected chi connectivity index (χ1v) is 2.82. The summed E-state index contributed by atoms with van der Waals surface area (Å²) in [5, 5.41) is 0. The van der Waals surface area contributed by atoms with Crippen molar-refractivity contribution in [3.8, 4) is 0 Å². The first kappa shape index (κ1) is 5.04. The summed E-state index contributed by atoms with van der Waals surface area (Å²) in [6, 6.07) is 0. The summed E-state index contributed by atoms with van der Waals surface area (Å²) < 4.78 is 3.52. The maximum absolute atomic E-state index is 3.66. The molecule has 1 nitrogen and oxygen atoms in total. The van der Waals surface area contributed by atoms with Gasteiger partial charge in [0.05, 0.1) is 4.55 Å². The van der Waals surface area contributed by atoms with Crippen molar-refractivity contribution in [2.45, 2.75) is 0 Å². The van der Waals surface area contributed by atoms with Crippen LogP contribution in [0.4, 0.5) is 0 Å². The molecule has 0 spiro atoms. The molecule has 0 saturated carbocycles. The lowest BCUT2D eigenvalue weighted by molar-refractivity contribution is 1.29. The number of rotatable bonds is 1. The second-order valence-electron chi connectivity index (χ2n) is 0.292. The minimum atomic E-state index is 0.904. The van der Waals surface area contributed by atoms with E-state index < -0.39 is 0 Å². The van der Waals surface area contributed by atoms with E-state index in [4.69, 9.17) is 0 Å². The molecule has 4 heavy (non-hydrogen) atoms. The van der Waals surface area contributed by atoms with E-state index >= 15 is 0 Å². The molecule has 0 aliphatic heterocycles. The summed E-state index contributed by atoms with van der Waals surface area (Å²) in [7, 11) is 0. The van der Waals surface area contributed by atoms with Gasteiger partial charge in [-0.25, -0.2) is 0 Å². The largest absolute Gasteiger partial charge is 0.257 e. The van der Waals surface area contributed by atoms with Crippen LogP contribution in [0.15, 0.2) is 0 Å². The Bertz CT molecular complexity index is 10.0. The molecule has 0 atom stereocenters. The summed E-state index contributed by atoms with van der Waals surface area (Å²) in [5.74, 6) is 0. The average Bonchev–Trinajstić information content (AvgIpc) is 1.37. The molecule has 0 amide bonds. The van der Waals surface area contributed by atoms with Crippen LogP contribution >= 0.6 is 35.4 Å². The van der Waals surface area contributed by atoms with Crippen molar-refractivity contribution in [2.75, 3.05) is 4.55 Å². The van der Waals surface area contributed by atoms with Gasteiger partial charge in [-0.1, -0.05) is 35.4 Å². The Balaban J connectivity index is 1.97. The maximum atomic E-state index is 3.66. The Labute approximate surface area is 44.8 Å². The number of alkyl halides is 1.